The van der Waals surface area contributed by atoms with Gasteiger partial charge in [-0.2, -0.15) is 0 Å². The summed E-state index contributed by atoms with van der Waals surface area (Å²) in [5.74, 6) is 0. The Labute approximate surface area is 139 Å². The first kappa shape index (κ1) is 14.4. The fraction of sp³-hybridized carbons (Fsp3) is 0.0476. The minimum atomic E-state index is 0.422. The number of hydrogen-bond acceptors (Lipinski definition) is 2. The molecule has 2 aromatic carbocycles. The molecule has 0 saturated carbocycles. The van der Waals surface area contributed by atoms with Crippen molar-refractivity contribution in [3.63, 3.8) is 0 Å². The van der Waals surface area contributed by atoms with Crippen LogP contribution < -0.4 is 0 Å². The van der Waals surface area contributed by atoms with Gasteiger partial charge in [-0.15, -0.1) is 0 Å². The van der Waals surface area contributed by atoms with Crippen LogP contribution in [0.1, 0.15) is 21.6 Å². The van der Waals surface area contributed by atoms with E-state index in [1.165, 1.54) is 10.9 Å². The highest BCUT2D eigenvalue weighted by molar-refractivity contribution is 5.98. The number of aryl methyl sites for hydroxylation is 1. The standard InChI is InChI=1S/C21H16N2O/c1-14(15-7-8-21-16(11-15)9-10-23(21)2)19-12-17(13-24)22-20-6-4-3-5-18(19)20/h3-13H,1H2,2H3. The largest absolute Gasteiger partial charge is 0.351 e. The van der Waals surface area contributed by atoms with Gasteiger partial charge in [0, 0.05) is 29.5 Å². The number of pyridine rings is 1. The van der Waals surface area contributed by atoms with Crippen LogP contribution in [0.3, 0.4) is 0 Å². The quantitative estimate of drug-likeness (QED) is 0.518. The van der Waals surface area contributed by atoms with Crippen molar-refractivity contribution in [1.82, 2.24) is 9.55 Å². The van der Waals surface area contributed by atoms with Crippen LogP contribution in [0.15, 0.2) is 67.4 Å². The summed E-state index contributed by atoms with van der Waals surface area (Å²) in [7, 11) is 2.03. The van der Waals surface area contributed by atoms with Crippen LogP contribution in [-0.4, -0.2) is 15.8 Å². The third-order valence-electron chi connectivity index (χ3n) is 4.42. The second kappa shape index (κ2) is 5.46. The first-order chi connectivity index (χ1) is 11.7. The Morgan fingerprint density at radius 3 is 2.79 bits per heavy atom. The summed E-state index contributed by atoms with van der Waals surface area (Å²) in [5.41, 5.74) is 5.28. The van der Waals surface area contributed by atoms with Gasteiger partial charge in [-0.3, -0.25) is 4.79 Å². The Morgan fingerprint density at radius 2 is 1.96 bits per heavy atom. The molecule has 2 aromatic heterocycles. The van der Waals surface area contributed by atoms with Crippen molar-refractivity contribution < 1.29 is 4.79 Å². The molecule has 0 amide bonds. The van der Waals surface area contributed by atoms with Crippen LogP contribution in [0.2, 0.25) is 0 Å². The molecule has 0 atom stereocenters. The first-order valence-corrected chi connectivity index (χ1v) is 7.77. The van der Waals surface area contributed by atoms with Gasteiger partial charge >= 0.3 is 0 Å². The second-order valence-electron chi connectivity index (χ2n) is 5.91. The lowest BCUT2D eigenvalue weighted by Crippen LogP contribution is -1.95. The molecule has 116 valence electrons. The van der Waals surface area contributed by atoms with Crippen molar-refractivity contribution >= 4 is 33.7 Å². The molecular weight excluding hydrogens is 296 g/mol. The van der Waals surface area contributed by atoms with Crippen molar-refractivity contribution in [1.29, 1.82) is 0 Å². The molecule has 0 radical (unpaired) electrons. The normalized spacial score (nSPS) is 11.0. The third-order valence-corrected chi connectivity index (χ3v) is 4.42. The van der Waals surface area contributed by atoms with Gasteiger partial charge in [0.1, 0.15) is 5.69 Å². The van der Waals surface area contributed by atoms with E-state index in [9.17, 15) is 4.79 Å². The second-order valence-corrected chi connectivity index (χ2v) is 5.91. The van der Waals surface area contributed by atoms with Crippen molar-refractivity contribution in [3.8, 4) is 0 Å². The van der Waals surface area contributed by atoms with E-state index in [2.05, 4.69) is 40.4 Å². The molecule has 4 aromatic rings. The molecule has 0 spiro atoms. The molecule has 0 N–H and O–H groups in total. The Hall–Kier alpha value is -3.20. The molecule has 0 unspecified atom stereocenters. The fourth-order valence-corrected chi connectivity index (χ4v) is 3.13. The molecular formula is C21H16N2O. The summed E-state index contributed by atoms with van der Waals surface area (Å²) in [6, 6.07) is 18.0. The van der Waals surface area contributed by atoms with Crippen LogP contribution >= 0.6 is 0 Å². The number of hydrogen-bond donors (Lipinski definition) is 0. The van der Waals surface area contributed by atoms with E-state index in [-0.39, 0.29) is 0 Å². The predicted molar refractivity (Wildman–Crippen MR) is 98.2 cm³/mol. The highest BCUT2D eigenvalue weighted by Gasteiger charge is 2.11. The van der Waals surface area contributed by atoms with Crippen LogP contribution in [0.4, 0.5) is 0 Å². The summed E-state index contributed by atoms with van der Waals surface area (Å²) in [6.07, 6.45) is 2.83. The third kappa shape index (κ3) is 2.22. The zero-order valence-electron chi connectivity index (χ0n) is 13.4. The topological polar surface area (TPSA) is 34.9 Å². The fourth-order valence-electron chi connectivity index (χ4n) is 3.13. The predicted octanol–water partition coefficient (Wildman–Crippen LogP) is 4.60. The Kier molecular flexibility index (Phi) is 3.28. The van der Waals surface area contributed by atoms with Crippen molar-refractivity contribution in [2.24, 2.45) is 7.05 Å². The van der Waals surface area contributed by atoms with Gasteiger partial charge in [0.15, 0.2) is 6.29 Å². The molecule has 0 fully saturated rings. The smallest absolute Gasteiger partial charge is 0.168 e. The number of nitrogens with zero attached hydrogens (tertiary/aromatic N) is 2. The summed E-state index contributed by atoms with van der Waals surface area (Å²) >= 11 is 0. The number of fused-ring (bicyclic) bond motifs is 2. The Balaban J connectivity index is 1.91. The van der Waals surface area contributed by atoms with Gasteiger partial charge in [-0.1, -0.05) is 30.8 Å². The van der Waals surface area contributed by atoms with E-state index in [0.717, 1.165) is 33.9 Å². The summed E-state index contributed by atoms with van der Waals surface area (Å²) in [4.78, 5) is 15.6. The minimum absolute atomic E-state index is 0.422. The van der Waals surface area contributed by atoms with E-state index < -0.39 is 0 Å². The van der Waals surface area contributed by atoms with Crippen LogP contribution in [0.25, 0.3) is 27.4 Å². The molecule has 3 nitrogen and oxygen atoms in total. The lowest BCUT2D eigenvalue weighted by atomic mass is 9.95. The molecule has 0 aliphatic carbocycles. The molecule has 0 bridgehead atoms. The van der Waals surface area contributed by atoms with Crippen molar-refractivity contribution in [3.05, 3.63) is 84.2 Å². The van der Waals surface area contributed by atoms with E-state index in [4.69, 9.17) is 0 Å². The first-order valence-electron chi connectivity index (χ1n) is 7.77. The number of aldehydes is 1. The Bertz CT molecular complexity index is 1110. The molecule has 0 aliphatic rings. The van der Waals surface area contributed by atoms with Crippen LogP contribution in [-0.2, 0) is 7.05 Å². The van der Waals surface area contributed by atoms with Gasteiger partial charge in [-0.25, -0.2) is 4.98 Å². The van der Waals surface area contributed by atoms with E-state index in [1.807, 2.05) is 43.6 Å². The van der Waals surface area contributed by atoms with Crippen molar-refractivity contribution in [2.45, 2.75) is 0 Å². The maximum Gasteiger partial charge on any atom is 0.168 e. The highest BCUT2D eigenvalue weighted by Crippen LogP contribution is 2.30. The van der Waals surface area contributed by atoms with Gasteiger partial charge in [0.05, 0.1) is 5.52 Å². The molecule has 24 heavy (non-hydrogen) atoms. The number of aromatic nitrogens is 2. The van der Waals surface area contributed by atoms with Gasteiger partial charge in [-0.05, 0) is 47.0 Å². The summed E-state index contributed by atoms with van der Waals surface area (Å²) in [5, 5.41) is 2.17. The molecule has 4 rings (SSSR count). The number of rotatable bonds is 3. The van der Waals surface area contributed by atoms with E-state index in [1.54, 1.807) is 0 Å². The highest BCUT2D eigenvalue weighted by atomic mass is 16.1. The Morgan fingerprint density at radius 1 is 1.12 bits per heavy atom. The van der Waals surface area contributed by atoms with E-state index >= 15 is 0 Å². The zero-order chi connectivity index (χ0) is 16.7. The maximum atomic E-state index is 11.2. The van der Waals surface area contributed by atoms with Gasteiger partial charge in [0.25, 0.3) is 0 Å². The van der Waals surface area contributed by atoms with Gasteiger partial charge in [0.2, 0.25) is 0 Å². The maximum absolute atomic E-state index is 11.2. The van der Waals surface area contributed by atoms with Crippen LogP contribution in [0.5, 0.6) is 0 Å². The lowest BCUT2D eigenvalue weighted by molar-refractivity contribution is 0.111. The summed E-state index contributed by atoms with van der Waals surface area (Å²) < 4.78 is 2.09. The number of carbonyl (C=O) groups is 1. The van der Waals surface area contributed by atoms with Crippen molar-refractivity contribution in [2.75, 3.05) is 0 Å². The summed E-state index contributed by atoms with van der Waals surface area (Å²) in [6.45, 7) is 4.28. The van der Waals surface area contributed by atoms with E-state index in [0.29, 0.717) is 5.69 Å². The lowest BCUT2D eigenvalue weighted by Gasteiger charge is -2.11. The average Bonchev–Trinajstić information content (AvgIpc) is 3.00. The monoisotopic (exact) mass is 312 g/mol. The SMILES string of the molecule is C=C(c1ccc2c(ccn2C)c1)c1cc(C=O)nc2ccccc12. The van der Waals surface area contributed by atoms with Crippen LogP contribution in [0, 0.1) is 0 Å². The molecule has 0 aliphatic heterocycles. The molecule has 3 heteroatoms. The van der Waals surface area contributed by atoms with Gasteiger partial charge < -0.3 is 4.57 Å². The average molecular weight is 312 g/mol. The number of carbonyl (C=O) groups excluding carboxylic acids is 1. The number of benzene rings is 2. The molecule has 0 saturated heterocycles. The zero-order valence-corrected chi connectivity index (χ0v) is 13.4. The number of para-hydroxylation sites is 1. The minimum Gasteiger partial charge on any atom is -0.351 e. The molecule has 2 heterocycles.